The molecule has 0 aromatic heterocycles. The lowest BCUT2D eigenvalue weighted by Crippen LogP contribution is -2.68. The summed E-state index contributed by atoms with van der Waals surface area (Å²) in [7, 11) is -2.99. The lowest BCUT2D eigenvalue weighted by atomic mass is 9.99. The van der Waals surface area contributed by atoms with Crippen molar-refractivity contribution in [2.75, 3.05) is 6.61 Å². The molecule has 8 heteroatoms. The first-order valence-corrected chi connectivity index (χ1v) is 22.3. The van der Waals surface area contributed by atoms with Crippen LogP contribution in [-0.2, 0) is 36.6 Å². The van der Waals surface area contributed by atoms with Crippen molar-refractivity contribution in [1.82, 2.24) is 0 Å². The predicted molar refractivity (Wildman–Crippen MR) is 230 cm³/mol. The van der Waals surface area contributed by atoms with Gasteiger partial charge in [-0.1, -0.05) is 190 Å². The van der Waals surface area contributed by atoms with Crippen molar-refractivity contribution in [3.8, 4) is 0 Å². The van der Waals surface area contributed by atoms with Gasteiger partial charge < -0.3 is 23.4 Å². The fraction of sp³-hybridized carbons (Fsp3) is 0.245. The van der Waals surface area contributed by atoms with Crippen molar-refractivity contribution in [1.29, 1.82) is 0 Å². The fourth-order valence-corrected chi connectivity index (χ4v) is 13.2. The standard InChI is InChI=1S/C49H50O6SSi/c1-49(2,3)57(41-30-18-8-19-31-41,42-32-20-9-21-33-42)53-36-43-44(51-34-37-22-10-4-11-23-37)45(52-35-38-24-12-5-13-25-38)46(55-47(50)39-26-14-6-15-27-39)48(54-43)56-40-28-16-7-17-29-40/h4-33,43-46,48H,34-36H2,1-3H3/t43-,44-,45+,46-,48+/m1/s1. The molecule has 6 aromatic rings. The van der Waals surface area contributed by atoms with Crippen molar-refractivity contribution in [3.05, 3.63) is 199 Å². The molecule has 0 bridgehead atoms. The second-order valence-electron chi connectivity index (χ2n) is 15.2. The third-order valence-corrected chi connectivity index (χ3v) is 16.5. The summed E-state index contributed by atoms with van der Waals surface area (Å²) in [5.74, 6) is -0.458. The molecule has 0 spiro atoms. The van der Waals surface area contributed by atoms with E-state index >= 15 is 0 Å². The molecule has 5 atom stereocenters. The van der Waals surface area contributed by atoms with Crippen LogP contribution in [0.3, 0.4) is 0 Å². The van der Waals surface area contributed by atoms with E-state index < -0.39 is 44.1 Å². The molecule has 1 fully saturated rings. The van der Waals surface area contributed by atoms with Crippen molar-refractivity contribution >= 4 is 36.4 Å². The predicted octanol–water partition coefficient (Wildman–Crippen LogP) is 9.48. The van der Waals surface area contributed by atoms with Gasteiger partial charge in [0.05, 0.1) is 25.4 Å². The van der Waals surface area contributed by atoms with Gasteiger partial charge in [-0.2, -0.15) is 0 Å². The maximum Gasteiger partial charge on any atom is 0.338 e. The van der Waals surface area contributed by atoms with E-state index in [0.29, 0.717) is 12.2 Å². The second-order valence-corrected chi connectivity index (χ2v) is 20.7. The Morgan fingerprint density at radius 1 is 0.579 bits per heavy atom. The fourth-order valence-electron chi connectivity index (χ4n) is 7.53. The normalized spacial score (nSPS) is 19.8. The van der Waals surface area contributed by atoms with Gasteiger partial charge in [-0.25, -0.2) is 4.79 Å². The highest BCUT2D eigenvalue weighted by molar-refractivity contribution is 7.99. The summed E-state index contributed by atoms with van der Waals surface area (Å²) in [6, 6.07) is 60.4. The number of hydrogen-bond donors (Lipinski definition) is 0. The van der Waals surface area contributed by atoms with Crippen LogP contribution in [0.1, 0.15) is 42.3 Å². The summed E-state index contributed by atoms with van der Waals surface area (Å²) in [6.07, 6.45) is -2.88. The molecule has 6 nitrogen and oxygen atoms in total. The smallest absolute Gasteiger partial charge is 0.338 e. The van der Waals surface area contributed by atoms with Crippen LogP contribution in [0.25, 0.3) is 0 Å². The highest BCUT2D eigenvalue weighted by atomic mass is 32.2. The minimum absolute atomic E-state index is 0.211. The number of hydrogen-bond acceptors (Lipinski definition) is 7. The largest absolute Gasteiger partial charge is 0.452 e. The number of thioether (sulfide) groups is 1. The number of ether oxygens (including phenoxy) is 4. The van der Waals surface area contributed by atoms with Crippen LogP contribution < -0.4 is 10.4 Å². The number of esters is 1. The zero-order valence-corrected chi connectivity index (χ0v) is 34.5. The molecule has 1 saturated heterocycles. The molecule has 1 aliphatic rings. The summed E-state index contributed by atoms with van der Waals surface area (Å²) in [5.41, 5.74) is 1.78. The highest BCUT2D eigenvalue weighted by Crippen LogP contribution is 2.41. The van der Waals surface area contributed by atoms with E-state index in [-0.39, 0.29) is 18.3 Å². The maximum absolute atomic E-state index is 14.0. The number of carbonyl (C=O) groups is 1. The minimum Gasteiger partial charge on any atom is -0.452 e. The summed E-state index contributed by atoms with van der Waals surface area (Å²) in [4.78, 5) is 14.9. The Morgan fingerprint density at radius 2 is 1.02 bits per heavy atom. The van der Waals surface area contributed by atoms with E-state index in [2.05, 4.69) is 69.3 Å². The molecule has 292 valence electrons. The first-order valence-electron chi connectivity index (χ1n) is 19.5. The van der Waals surface area contributed by atoms with E-state index in [0.717, 1.165) is 16.0 Å². The van der Waals surface area contributed by atoms with Gasteiger partial charge in [0, 0.05) is 4.90 Å². The van der Waals surface area contributed by atoms with E-state index in [4.69, 9.17) is 23.4 Å². The lowest BCUT2D eigenvalue weighted by Gasteiger charge is -2.48. The zero-order valence-electron chi connectivity index (χ0n) is 32.7. The average molecular weight is 795 g/mol. The summed E-state index contributed by atoms with van der Waals surface area (Å²) >= 11 is 1.51. The van der Waals surface area contributed by atoms with E-state index in [1.807, 2.05) is 121 Å². The Kier molecular flexibility index (Phi) is 13.5. The van der Waals surface area contributed by atoms with Gasteiger partial charge in [0.25, 0.3) is 8.32 Å². The molecule has 0 unspecified atom stereocenters. The number of carbonyl (C=O) groups excluding carboxylic acids is 1. The third-order valence-electron chi connectivity index (χ3n) is 10.3. The Bertz CT molecular complexity index is 2060. The molecule has 0 N–H and O–H groups in total. The van der Waals surface area contributed by atoms with Crippen LogP contribution in [0.5, 0.6) is 0 Å². The van der Waals surface area contributed by atoms with Crippen LogP contribution in [0, 0.1) is 0 Å². The first kappa shape index (κ1) is 40.4. The minimum atomic E-state index is -2.99. The monoisotopic (exact) mass is 794 g/mol. The summed E-state index contributed by atoms with van der Waals surface area (Å²) in [5, 5.41) is 2.07. The molecule has 0 saturated carbocycles. The van der Waals surface area contributed by atoms with Crippen LogP contribution in [0.15, 0.2) is 187 Å². The van der Waals surface area contributed by atoms with E-state index in [9.17, 15) is 4.79 Å². The van der Waals surface area contributed by atoms with Crippen LogP contribution in [0.4, 0.5) is 0 Å². The Hall–Kier alpha value is -4.80. The second kappa shape index (κ2) is 19.1. The van der Waals surface area contributed by atoms with Gasteiger partial charge in [0.2, 0.25) is 0 Å². The maximum atomic E-state index is 14.0. The van der Waals surface area contributed by atoms with E-state index in [1.165, 1.54) is 22.1 Å². The van der Waals surface area contributed by atoms with E-state index in [1.54, 1.807) is 12.1 Å². The van der Waals surface area contributed by atoms with Crippen molar-refractivity contribution in [2.45, 2.75) is 73.8 Å². The third kappa shape index (κ3) is 9.84. The van der Waals surface area contributed by atoms with Crippen LogP contribution >= 0.6 is 11.8 Å². The average Bonchev–Trinajstić information content (AvgIpc) is 3.25. The Morgan fingerprint density at radius 3 is 1.51 bits per heavy atom. The van der Waals surface area contributed by atoms with Crippen LogP contribution in [-0.4, -0.2) is 50.7 Å². The molecule has 57 heavy (non-hydrogen) atoms. The topological polar surface area (TPSA) is 63.2 Å². The molecular formula is C49H50O6SSi. The lowest BCUT2D eigenvalue weighted by molar-refractivity contribution is -0.238. The summed E-state index contributed by atoms with van der Waals surface area (Å²) < 4.78 is 35.1. The van der Waals surface area contributed by atoms with Gasteiger partial charge in [0.15, 0.2) is 6.10 Å². The van der Waals surface area contributed by atoms with Gasteiger partial charge in [-0.15, -0.1) is 0 Å². The molecular weight excluding hydrogens is 745 g/mol. The molecule has 7 rings (SSSR count). The first-order chi connectivity index (χ1) is 27.8. The number of rotatable bonds is 15. The van der Waals surface area contributed by atoms with Gasteiger partial charge >= 0.3 is 5.97 Å². The number of benzene rings is 6. The molecule has 1 heterocycles. The van der Waals surface area contributed by atoms with Crippen molar-refractivity contribution in [2.24, 2.45) is 0 Å². The molecule has 0 amide bonds. The van der Waals surface area contributed by atoms with Crippen LogP contribution in [0.2, 0.25) is 5.04 Å². The summed E-state index contributed by atoms with van der Waals surface area (Å²) in [6.45, 7) is 7.59. The molecule has 0 radical (unpaired) electrons. The van der Waals surface area contributed by atoms with Crippen molar-refractivity contribution < 1.29 is 28.2 Å². The SMILES string of the molecule is CC(C)(C)[Si](OC[C@H]1O[C@@H](Sc2ccccc2)[C@H](OC(=O)c2ccccc2)[C@@H](OCc2ccccc2)[C@@H]1OCc1ccccc1)(c1ccccc1)c1ccccc1. The van der Waals surface area contributed by atoms with Gasteiger partial charge in [-0.3, -0.25) is 0 Å². The Balaban J connectivity index is 1.32. The quantitative estimate of drug-likeness (QED) is 0.0759. The molecule has 1 aliphatic heterocycles. The zero-order chi connectivity index (χ0) is 39.5. The van der Waals surface area contributed by atoms with Gasteiger partial charge in [-0.05, 0) is 50.8 Å². The Labute approximate surface area is 342 Å². The molecule has 0 aliphatic carbocycles. The van der Waals surface area contributed by atoms with Gasteiger partial charge in [0.1, 0.15) is 23.7 Å². The highest BCUT2D eigenvalue weighted by Gasteiger charge is 2.54. The van der Waals surface area contributed by atoms with Crippen molar-refractivity contribution in [3.63, 3.8) is 0 Å². The molecule has 6 aromatic carbocycles.